The Hall–Kier alpha value is -3.08. The summed E-state index contributed by atoms with van der Waals surface area (Å²) in [6.07, 6.45) is 1.76. The van der Waals surface area contributed by atoms with Gasteiger partial charge in [-0.15, -0.1) is 0 Å². The second kappa shape index (κ2) is 12.0. The maximum atomic E-state index is 13.9. The molecule has 0 fully saturated rings. The summed E-state index contributed by atoms with van der Waals surface area (Å²) >= 11 is 0. The van der Waals surface area contributed by atoms with E-state index in [1.165, 1.54) is 24.3 Å². The van der Waals surface area contributed by atoms with Crippen LogP contribution in [0.15, 0.2) is 60.2 Å². The van der Waals surface area contributed by atoms with Crippen molar-refractivity contribution in [3.05, 3.63) is 77.1 Å². The number of likely N-dealkylation sites (N-methyl/N-ethyl adjacent to an activating group) is 1. The van der Waals surface area contributed by atoms with E-state index in [2.05, 4.69) is 10.0 Å². The van der Waals surface area contributed by atoms with Crippen molar-refractivity contribution in [2.75, 3.05) is 13.1 Å². The fourth-order valence-electron chi connectivity index (χ4n) is 4.61. The number of hydrogen-bond acceptors (Lipinski definition) is 5. The van der Waals surface area contributed by atoms with Crippen LogP contribution in [0.25, 0.3) is 4.91 Å². The van der Waals surface area contributed by atoms with E-state index >= 15 is 0 Å². The molecule has 1 aliphatic heterocycles. The summed E-state index contributed by atoms with van der Waals surface area (Å²) < 4.78 is 42.5. The third-order valence-corrected chi connectivity index (χ3v) is 8.62. The van der Waals surface area contributed by atoms with Crippen LogP contribution in [0.5, 0.6) is 0 Å². The van der Waals surface area contributed by atoms with E-state index in [1.54, 1.807) is 39.5 Å². The zero-order valence-corrected chi connectivity index (χ0v) is 24.1. The molecule has 8 nitrogen and oxygen atoms in total. The molecule has 1 atom stereocenters. The molecule has 1 heterocycles. The molecule has 212 valence electrons. The lowest BCUT2D eigenvalue weighted by Crippen LogP contribution is -2.56. The molecule has 0 saturated carbocycles. The van der Waals surface area contributed by atoms with Crippen LogP contribution in [0.1, 0.15) is 58.6 Å². The van der Waals surface area contributed by atoms with E-state index in [0.717, 1.165) is 12.0 Å². The number of carbonyl (C=O) groups is 2. The van der Waals surface area contributed by atoms with Crippen molar-refractivity contribution < 1.29 is 22.4 Å². The number of hydrogen-bond donors (Lipinski definition) is 3. The Kier molecular flexibility index (Phi) is 9.35. The van der Waals surface area contributed by atoms with Gasteiger partial charge >= 0.3 is 0 Å². The molecule has 39 heavy (non-hydrogen) atoms. The van der Waals surface area contributed by atoms with E-state index in [-0.39, 0.29) is 23.9 Å². The van der Waals surface area contributed by atoms with Crippen LogP contribution in [0.4, 0.5) is 4.39 Å². The van der Waals surface area contributed by atoms with Gasteiger partial charge in [-0.1, -0.05) is 42.5 Å². The molecule has 1 aliphatic rings. The SMILES string of the molecule is CCN(CC1=C(c2ccc(F)cc2)S(=O)(=O)NC1(C)C)C(=O)[C@@H](CCCc1ccccc1)NC(=O)C(C)(C)N. The van der Waals surface area contributed by atoms with Crippen molar-refractivity contribution in [1.29, 1.82) is 0 Å². The first-order chi connectivity index (χ1) is 18.2. The van der Waals surface area contributed by atoms with Crippen LogP contribution in [0.3, 0.4) is 0 Å². The first kappa shape index (κ1) is 30.5. The molecule has 10 heteroatoms. The molecule has 0 spiro atoms. The van der Waals surface area contributed by atoms with E-state index in [9.17, 15) is 22.4 Å². The maximum Gasteiger partial charge on any atom is 0.245 e. The summed E-state index contributed by atoms with van der Waals surface area (Å²) in [6, 6.07) is 14.3. The van der Waals surface area contributed by atoms with E-state index in [1.807, 2.05) is 30.3 Å². The number of nitrogens with one attached hydrogen (secondary N) is 2. The Labute approximate surface area is 230 Å². The highest BCUT2D eigenvalue weighted by atomic mass is 32.2. The first-order valence-electron chi connectivity index (χ1n) is 13.1. The Balaban J connectivity index is 1.92. The Morgan fingerprint density at radius 3 is 2.28 bits per heavy atom. The third kappa shape index (κ3) is 7.52. The largest absolute Gasteiger partial charge is 0.343 e. The van der Waals surface area contributed by atoms with Crippen LogP contribution in [0, 0.1) is 5.82 Å². The minimum atomic E-state index is -3.91. The van der Waals surface area contributed by atoms with Gasteiger partial charge in [0.2, 0.25) is 21.8 Å². The van der Waals surface area contributed by atoms with Gasteiger partial charge in [-0.05, 0) is 82.7 Å². The van der Waals surface area contributed by atoms with Crippen molar-refractivity contribution in [2.45, 2.75) is 71.0 Å². The Morgan fingerprint density at radius 1 is 1.10 bits per heavy atom. The van der Waals surface area contributed by atoms with Gasteiger partial charge in [-0.2, -0.15) is 0 Å². The van der Waals surface area contributed by atoms with Crippen molar-refractivity contribution >= 4 is 26.7 Å². The van der Waals surface area contributed by atoms with E-state index in [4.69, 9.17) is 5.73 Å². The molecule has 0 bridgehead atoms. The van der Waals surface area contributed by atoms with Crippen LogP contribution >= 0.6 is 0 Å². The van der Waals surface area contributed by atoms with Gasteiger partial charge in [0.25, 0.3) is 0 Å². The number of benzene rings is 2. The molecule has 0 radical (unpaired) electrons. The Morgan fingerprint density at radius 2 is 1.72 bits per heavy atom. The molecule has 0 aromatic heterocycles. The summed E-state index contributed by atoms with van der Waals surface area (Å²) in [5.74, 6) is -1.26. The third-order valence-electron chi connectivity index (χ3n) is 6.83. The summed E-state index contributed by atoms with van der Waals surface area (Å²) in [7, 11) is -3.91. The number of aryl methyl sites for hydroxylation is 1. The average molecular weight is 559 g/mol. The van der Waals surface area contributed by atoms with Crippen LogP contribution in [0.2, 0.25) is 0 Å². The second-order valence-electron chi connectivity index (χ2n) is 11.0. The fourth-order valence-corrected chi connectivity index (χ4v) is 6.60. The molecule has 0 saturated heterocycles. The molecular weight excluding hydrogens is 519 g/mol. The van der Waals surface area contributed by atoms with Gasteiger partial charge in [0.05, 0.1) is 16.0 Å². The predicted octanol–water partition coefficient (Wildman–Crippen LogP) is 3.34. The lowest BCUT2D eigenvalue weighted by molar-refractivity contribution is -0.137. The molecule has 0 aliphatic carbocycles. The van der Waals surface area contributed by atoms with Crippen molar-refractivity contribution in [2.24, 2.45) is 5.73 Å². The Bertz CT molecular complexity index is 1320. The van der Waals surface area contributed by atoms with E-state index < -0.39 is 38.9 Å². The number of sulfonamides is 1. The minimum Gasteiger partial charge on any atom is -0.343 e. The number of amides is 2. The monoisotopic (exact) mass is 558 g/mol. The smallest absolute Gasteiger partial charge is 0.245 e. The highest BCUT2D eigenvalue weighted by Crippen LogP contribution is 2.38. The van der Waals surface area contributed by atoms with Crippen molar-refractivity contribution in [3.8, 4) is 0 Å². The molecule has 4 N–H and O–H groups in total. The normalized spacial score (nSPS) is 17.1. The molecular formula is C29H39FN4O4S. The molecule has 2 aromatic carbocycles. The lowest BCUT2D eigenvalue weighted by atomic mass is 9.92. The summed E-state index contributed by atoms with van der Waals surface area (Å²) in [5.41, 5.74) is 5.78. The van der Waals surface area contributed by atoms with Gasteiger partial charge in [-0.25, -0.2) is 17.5 Å². The molecule has 2 aromatic rings. The van der Waals surface area contributed by atoms with E-state index in [0.29, 0.717) is 24.0 Å². The first-order valence-corrected chi connectivity index (χ1v) is 14.6. The topological polar surface area (TPSA) is 122 Å². The summed E-state index contributed by atoms with van der Waals surface area (Å²) in [4.78, 5) is 28.2. The zero-order valence-electron chi connectivity index (χ0n) is 23.3. The predicted molar refractivity (Wildman–Crippen MR) is 151 cm³/mol. The number of rotatable bonds is 11. The minimum absolute atomic E-state index is 0.0122. The maximum absolute atomic E-state index is 13.9. The average Bonchev–Trinajstić information content (AvgIpc) is 3.04. The highest BCUT2D eigenvalue weighted by Gasteiger charge is 2.44. The quantitative estimate of drug-likeness (QED) is 0.391. The standard InChI is InChI=1S/C29H39FN4O4S/c1-6-34(19-23-25(21-15-17-22(30)18-16-21)39(37,38)33-29(23,4)5)26(35)24(32-27(36)28(2,3)31)14-10-13-20-11-8-7-9-12-20/h7-9,11-12,15-18,24,33H,6,10,13-14,19,31H2,1-5H3,(H,32,36)/t24-/m1/s1. The van der Waals surface area contributed by atoms with Crippen LogP contribution in [-0.4, -0.2) is 55.3 Å². The second-order valence-corrected chi connectivity index (χ2v) is 12.6. The van der Waals surface area contributed by atoms with Crippen molar-refractivity contribution in [3.63, 3.8) is 0 Å². The van der Waals surface area contributed by atoms with Crippen LogP contribution < -0.4 is 15.8 Å². The fraction of sp³-hybridized carbons (Fsp3) is 0.448. The summed E-state index contributed by atoms with van der Waals surface area (Å²) in [6.45, 7) is 8.70. The molecule has 3 rings (SSSR count). The van der Waals surface area contributed by atoms with Gasteiger partial charge in [-0.3, -0.25) is 9.59 Å². The van der Waals surface area contributed by atoms with Crippen LogP contribution in [-0.2, 0) is 26.0 Å². The number of halogens is 1. The molecule has 2 amide bonds. The highest BCUT2D eigenvalue weighted by molar-refractivity contribution is 7.99. The lowest BCUT2D eigenvalue weighted by Gasteiger charge is -2.32. The van der Waals surface area contributed by atoms with Gasteiger partial charge < -0.3 is 16.0 Å². The number of carbonyl (C=O) groups excluding carboxylic acids is 2. The van der Waals surface area contributed by atoms with Gasteiger partial charge in [0.15, 0.2) is 0 Å². The van der Waals surface area contributed by atoms with Gasteiger partial charge in [0, 0.05) is 13.1 Å². The van der Waals surface area contributed by atoms with Gasteiger partial charge in [0.1, 0.15) is 11.9 Å². The van der Waals surface area contributed by atoms with Crippen molar-refractivity contribution in [1.82, 2.24) is 14.9 Å². The molecule has 0 unspecified atom stereocenters. The zero-order chi connectivity index (χ0) is 29.0. The number of nitrogens with two attached hydrogens (primary N) is 1. The number of nitrogens with zero attached hydrogens (tertiary/aromatic N) is 1. The summed E-state index contributed by atoms with van der Waals surface area (Å²) in [5, 5.41) is 2.82.